The molecule has 1 aromatic heterocycles. The van der Waals surface area contributed by atoms with Crippen molar-refractivity contribution < 1.29 is 4.74 Å². The van der Waals surface area contributed by atoms with Crippen molar-refractivity contribution in [1.82, 2.24) is 20.5 Å². The predicted octanol–water partition coefficient (Wildman–Crippen LogP) is -1.94. The molecule has 0 unspecified atom stereocenters. The van der Waals surface area contributed by atoms with Gasteiger partial charge in [-0.15, -0.1) is 5.10 Å². The third-order valence-electron chi connectivity index (χ3n) is 1.27. The molecule has 7 nitrogen and oxygen atoms in total. The number of rotatable bonds is 4. The number of nitrogens with one attached hydrogen (secondary N) is 3. The Hall–Kier alpha value is -1.63. The fourth-order valence-corrected chi connectivity index (χ4v) is 0.684. The first-order valence-corrected chi connectivity index (χ1v) is 3.70. The highest BCUT2D eigenvalue weighted by Crippen LogP contribution is 1.88. The first-order chi connectivity index (χ1) is 6.24. The van der Waals surface area contributed by atoms with E-state index in [1.54, 1.807) is 7.05 Å². The number of hydrogen-bond donors (Lipinski definition) is 3. The van der Waals surface area contributed by atoms with E-state index in [0.29, 0.717) is 13.2 Å². The van der Waals surface area contributed by atoms with Crippen LogP contribution >= 0.6 is 0 Å². The van der Waals surface area contributed by atoms with E-state index in [1.807, 2.05) is 4.98 Å². The van der Waals surface area contributed by atoms with Crippen molar-refractivity contribution in [1.29, 1.82) is 0 Å². The molecule has 72 valence electrons. The summed E-state index contributed by atoms with van der Waals surface area (Å²) in [6.07, 6.45) is 0. The van der Waals surface area contributed by atoms with Crippen LogP contribution in [0.5, 0.6) is 5.88 Å². The zero-order chi connectivity index (χ0) is 9.68. The van der Waals surface area contributed by atoms with Crippen molar-refractivity contribution in [3.63, 3.8) is 0 Å². The highest BCUT2D eigenvalue weighted by Gasteiger charge is 2.01. The van der Waals surface area contributed by atoms with Crippen molar-refractivity contribution in [2.75, 3.05) is 20.2 Å². The third kappa shape index (κ3) is 2.71. The molecular formula is C6H10N4O3. The second kappa shape index (κ2) is 4.41. The number of aromatic nitrogens is 3. The van der Waals surface area contributed by atoms with Crippen LogP contribution in [0, 0.1) is 0 Å². The van der Waals surface area contributed by atoms with Crippen LogP contribution in [0.25, 0.3) is 0 Å². The molecule has 13 heavy (non-hydrogen) atoms. The zero-order valence-electron chi connectivity index (χ0n) is 7.09. The van der Waals surface area contributed by atoms with Gasteiger partial charge in [-0.3, -0.25) is 9.78 Å². The van der Waals surface area contributed by atoms with Gasteiger partial charge in [0.15, 0.2) is 0 Å². The topological polar surface area (TPSA) is 99.9 Å². The van der Waals surface area contributed by atoms with Gasteiger partial charge in [-0.1, -0.05) is 0 Å². The summed E-state index contributed by atoms with van der Waals surface area (Å²) in [4.78, 5) is 23.5. The van der Waals surface area contributed by atoms with Crippen molar-refractivity contribution in [3.05, 3.63) is 20.8 Å². The SMILES string of the molecule is CNCCOc1n[nH]c(=O)[nH]c1=O. The molecule has 1 rings (SSSR count). The minimum absolute atomic E-state index is 0.130. The monoisotopic (exact) mass is 186 g/mol. The Morgan fingerprint density at radius 2 is 2.31 bits per heavy atom. The minimum Gasteiger partial charge on any atom is -0.471 e. The molecule has 0 amide bonds. The van der Waals surface area contributed by atoms with Gasteiger partial charge >= 0.3 is 11.2 Å². The summed E-state index contributed by atoms with van der Waals surface area (Å²) in [6.45, 7) is 0.916. The van der Waals surface area contributed by atoms with Crippen LogP contribution in [-0.2, 0) is 0 Å². The van der Waals surface area contributed by atoms with Crippen LogP contribution < -0.4 is 21.3 Å². The summed E-state index contributed by atoms with van der Waals surface area (Å²) in [6, 6.07) is 0. The maximum atomic E-state index is 11.0. The molecule has 1 heterocycles. The standard InChI is InChI=1S/C6H10N4O3/c1-7-2-3-13-5-4(11)8-6(12)10-9-5/h7H,2-3H2,1H3,(H2,8,10,11,12). The van der Waals surface area contributed by atoms with Crippen LogP contribution in [0.3, 0.4) is 0 Å². The van der Waals surface area contributed by atoms with E-state index in [1.165, 1.54) is 0 Å². The molecular weight excluding hydrogens is 176 g/mol. The van der Waals surface area contributed by atoms with Crippen LogP contribution in [0.1, 0.15) is 0 Å². The fourth-order valence-electron chi connectivity index (χ4n) is 0.684. The lowest BCUT2D eigenvalue weighted by Crippen LogP contribution is -2.27. The zero-order valence-corrected chi connectivity index (χ0v) is 7.09. The number of aromatic amines is 2. The molecule has 0 aromatic carbocycles. The van der Waals surface area contributed by atoms with Crippen molar-refractivity contribution in [3.8, 4) is 5.88 Å². The van der Waals surface area contributed by atoms with Gasteiger partial charge in [0, 0.05) is 6.54 Å². The largest absolute Gasteiger partial charge is 0.471 e. The number of H-pyrrole nitrogens is 2. The highest BCUT2D eigenvalue weighted by molar-refractivity contribution is 4.98. The second-order valence-electron chi connectivity index (χ2n) is 2.26. The molecule has 7 heteroatoms. The molecule has 0 atom stereocenters. The summed E-state index contributed by atoms with van der Waals surface area (Å²) in [7, 11) is 1.76. The quantitative estimate of drug-likeness (QED) is 0.475. The van der Waals surface area contributed by atoms with E-state index in [2.05, 4.69) is 15.5 Å². The fraction of sp³-hybridized carbons (Fsp3) is 0.500. The van der Waals surface area contributed by atoms with Crippen LogP contribution in [0.15, 0.2) is 9.59 Å². The summed E-state index contributed by atoms with van der Waals surface area (Å²) in [5.41, 5.74) is -1.27. The molecule has 0 aliphatic carbocycles. The van der Waals surface area contributed by atoms with Crippen molar-refractivity contribution in [2.24, 2.45) is 0 Å². The molecule has 0 aliphatic rings. The molecule has 0 saturated heterocycles. The van der Waals surface area contributed by atoms with Gasteiger partial charge in [-0.05, 0) is 7.05 Å². The van der Waals surface area contributed by atoms with Crippen LogP contribution in [-0.4, -0.2) is 35.4 Å². The molecule has 1 aromatic rings. The Kier molecular flexibility index (Phi) is 3.21. The lowest BCUT2D eigenvalue weighted by Gasteiger charge is -2.01. The van der Waals surface area contributed by atoms with Gasteiger partial charge in [0.1, 0.15) is 6.61 Å². The molecule has 0 bridgehead atoms. The molecule has 0 fully saturated rings. The van der Waals surface area contributed by atoms with Gasteiger partial charge in [0.25, 0.3) is 5.88 Å². The van der Waals surface area contributed by atoms with E-state index in [-0.39, 0.29) is 5.88 Å². The average Bonchev–Trinajstić information content (AvgIpc) is 2.09. The normalized spacial score (nSPS) is 9.92. The molecule has 0 aliphatic heterocycles. The predicted molar refractivity (Wildman–Crippen MR) is 44.9 cm³/mol. The first-order valence-electron chi connectivity index (χ1n) is 3.70. The van der Waals surface area contributed by atoms with Crippen molar-refractivity contribution >= 4 is 0 Å². The summed E-state index contributed by atoms with van der Waals surface area (Å²) in [5, 5.41) is 8.31. The summed E-state index contributed by atoms with van der Waals surface area (Å²) >= 11 is 0. The molecule has 0 saturated carbocycles. The van der Waals surface area contributed by atoms with E-state index in [4.69, 9.17) is 4.74 Å². The van der Waals surface area contributed by atoms with E-state index in [9.17, 15) is 9.59 Å². The van der Waals surface area contributed by atoms with Crippen molar-refractivity contribution in [2.45, 2.75) is 0 Å². The lowest BCUT2D eigenvalue weighted by molar-refractivity contribution is 0.296. The van der Waals surface area contributed by atoms with E-state index < -0.39 is 11.2 Å². The molecule has 0 radical (unpaired) electrons. The van der Waals surface area contributed by atoms with Gasteiger partial charge in [0.05, 0.1) is 0 Å². The number of nitrogens with zero attached hydrogens (tertiary/aromatic N) is 1. The Morgan fingerprint density at radius 1 is 1.54 bits per heavy atom. The van der Waals surface area contributed by atoms with E-state index >= 15 is 0 Å². The Bertz CT molecular complexity index is 369. The van der Waals surface area contributed by atoms with Crippen LogP contribution in [0.4, 0.5) is 0 Å². The first kappa shape index (κ1) is 9.46. The maximum Gasteiger partial charge on any atom is 0.342 e. The maximum absolute atomic E-state index is 11.0. The highest BCUT2D eigenvalue weighted by atomic mass is 16.5. The van der Waals surface area contributed by atoms with Gasteiger partial charge in [0.2, 0.25) is 0 Å². The number of hydrogen-bond acceptors (Lipinski definition) is 5. The Labute approximate surface area is 73.1 Å². The molecule has 3 N–H and O–H groups in total. The Morgan fingerprint density at radius 3 is 2.92 bits per heavy atom. The average molecular weight is 186 g/mol. The molecule has 0 spiro atoms. The third-order valence-corrected chi connectivity index (χ3v) is 1.27. The van der Waals surface area contributed by atoms with E-state index in [0.717, 1.165) is 0 Å². The summed E-state index contributed by atoms with van der Waals surface area (Å²) < 4.78 is 4.94. The Balaban J connectivity index is 2.67. The second-order valence-corrected chi connectivity index (χ2v) is 2.26. The van der Waals surface area contributed by atoms with Gasteiger partial charge in [-0.25, -0.2) is 9.89 Å². The van der Waals surface area contributed by atoms with Gasteiger partial charge < -0.3 is 10.1 Å². The smallest absolute Gasteiger partial charge is 0.342 e. The van der Waals surface area contributed by atoms with Crippen LogP contribution in [0.2, 0.25) is 0 Å². The summed E-state index contributed by atoms with van der Waals surface area (Å²) in [5.74, 6) is -0.130. The number of ether oxygens (including phenoxy) is 1. The van der Waals surface area contributed by atoms with Gasteiger partial charge in [-0.2, -0.15) is 0 Å². The lowest BCUT2D eigenvalue weighted by atomic mass is 10.7. The minimum atomic E-state index is -0.647. The number of likely N-dealkylation sites (N-methyl/N-ethyl adjacent to an activating group) is 1.